The molecule has 3 N–H and O–H groups in total. The van der Waals surface area contributed by atoms with E-state index < -0.39 is 52.0 Å². The summed E-state index contributed by atoms with van der Waals surface area (Å²) in [5, 5.41) is 22.4. The molecule has 1 spiro atoms. The quantitative estimate of drug-likeness (QED) is 0.320. The first kappa shape index (κ1) is 42.7. The van der Waals surface area contributed by atoms with Gasteiger partial charge in [-0.2, -0.15) is 12.7 Å². The second kappa shape index (κ2) is 16.9. The largest absolute Gasteiger partial charge is 0.490 e. The third kappa shape index (κ3) is 8.89. The van der Waals surface area contributed by atoms with Crippen molar-refractivity contribution >= 4 is 39.3 Å². The molecule has 2 aliphatic carbocycles. The van der Waals surface area contributed by atoms with E-state index in [4.69, 9.17) is 21.1 Å². The molecule has 2 bridgehead atoms. The van der Waals surface area contributed by atoms with E-state index in [0.29, 0.717) is 55.7 Å². The summed E-state index contributed by atoms with van der Waals surface area (Å²) in [7, 11) is -1.78. The molecule has 2 aromatic rings. The topological polar surface area (TPSA) is 152 Å². The van der Waals surface area contributed by atoms with E-state index in [9.17, 15) is 37.0 Å². The Kier molecular flexibility index (Phi) is 12.5. The van der Waals surface area contributed by atoms with Crippen molar-refractivity contribution in [1.82, 2.24) is 18.8 Å². The van der Waals surface area contributed by atoms with Crippen LogP contribution >= 0.6 is 11.6 Å². The smallest absolute Gasteiger partial charge is 0.303 e. The predicted molar refractivity (Wildman–Crippen MR) is 214 cm³/mol. The van der Waals surface area contributed by atoms with Crippen LogP contribution in [0.3, 0.4) is 0 Å². The summed E-state index contributed by atoms with van der Waals surface area (Å²) < 4.78 is 69.2. The molecule has 2 amide bonds. The number of aliphatic hydroxyl groups is 2. The van der Waals surface area contributed by atoms with Crippen molar-refractivity contribution in [1.29, 1.82) is 0 Å². The normalized spacial score (nSPS) is 28.8. The van der Waals surface area contributed by atoms with Gasteiger partial charge in [0.1, 0.15) is 5.75 Å². The van der Waals surface area contributed by atoms with Gasteiger partial charge >= 0.3 is 10.2 Å². The van der Waals surface area contributed by atoms with Crippen LogP contribution in [0.1, 0.15) is 55.2 Å². The summed E-state index contributed by atoms with van der Waals surface area (Å²) in [6.45, 7) is 1.03. The minimum Gasteiger partial charge on any atom is -0.490 e. The number of carbonyl (C=O) groups excluding carboxylic acids is 2. The number of hydrogen-bond acceptors (Lipinski definition) is 10. The molecule has 0 unspecified atom stereocenters. The Labute approximate surface area is 344 Å². The average Bonchev–Trinajstić information content (AvgIpc) is 3.30. The first-order chi connectivity index (χ1) is 27.5. The Balaban J connectivity index is 1.27. The fraction of sp³-hybridized carbons (Fsp3) is 0.610. The number of halogens is 3. The number of likely N-dealkylation sites (N-methyl/N-ethyl adjacent to an activating group) is 1. The highest BCUT2D eigenvalue weighted by Crippen LogP contribution is 2.48. The standard InChI is InChI=1S/C41H54ClF2N5O8S/c1-46-15-4-3-7-35(56-19-17-48-25-40(43,44)26-48)32-11-8-29(32)23-49-24-39(14-5-6-28-20-31(42)10-12-33(28)39)27-57-36-13-9-30(21-34(36)49)41(53,22-37(46)51)38(52)45-58(54,55)47(2)16-18-50/h3,7,9-10,12-13,20-21,29,32,35,50,53H,4-6,8,11,14-19,22-27H2,1-2H3,(H,45,52)/t29-,32+,35-,39-,41+/m0/s1. The van der Waals surface area contributed by atoms with Crippen molar-refractivity contribution in [2.45, 2.75) is 68.0 Å². The summed E-state index contributed by atoms with van der Waals surface area (Å²) in [6, 6.07) is 10.8. The van der Waals surface area contributed by atoms with Crippen LogP contribution in [0.5, 0.6) is 5.75 Å². The third-order valence-electron chi connectivity index (χ3n) is 12.7. The van der Waals surface area contributed by atoms with Crippen LogP contribution in [0.25, 0.3) is 0 Å². The zero-order chi connectivity index (χ0) is 41.5. The van der Waals surface area contributed by atoms with Gasteiger partial charge in [-0.25, -0.2) is 13.5 Å². The van der Waals surface area contributed by atoms with E-state index in [1.54, 1.807) is 24.1 Å². The molecule has 0 aromatic heterocycles. The molecule has 58 heavy (non-hydrogen) atoms. The van der Waals surface area contributed by atoms with Gasteiger partial charge in [-0.3, -0.25) is 14.5 Å². The van der Waals surface area contributed by atoms with Crippen molar-refractivity contribution in [3.05, 3.63) is 70.3 Å². The van der Waals surface area contributed by atoms with Crippen molar-refractivity contribution in [3.8, 4) is 5.75 Å². The molecule has 3 heterocycles. The van der Waals surface area contributed by atoms with Gasteiger partial charge in [-0.05, 0) is 91.3 Å². The van der Waals surface area contributed by atoms with Gasteiger partial charge in [0.25, 0.3) is 11.8 Å². The summed E-state index contributed by atoms with van der Waals surface area (Å²) in [6.07, 6.45) is 7.75. The molecular formula is C41H54ClF2N5O8S. The maximum atomic E-state index is 14.1. The maximum Gasteiger partial charge on any atom is 0.303 e. The molecule has 5 atom stereocenters. The summed E-state index contributed by atoms with van der Waals surface area (Å²) in [4.78, 5) is 33.2. The molecule has 1 saturated carbocycles. The lowest BCUT2D eigenvalue weighted by Gasteiger charge is -2.46. The SMILES string of the molecule is CN1CCC=C[C@H](OCCN2CC(F)(F)C2)[C@@H]2CC[C@H]2CN2C[C@@]3(CCCc4cc(Cl)ccc43)COc3ccc(cc32)[C@@](O)(C(=O)NS(=O)(=O)N(C)CCO)CC1=O. The zero-order valence-corrected chi connectivity index (χ0v) is 34.6. The van der Waals surface area contributed by atoms with Gasteiger partial charge in [0.2, 0.25) is 5.91 Å². The van der Waals surface area contributed by atoms with E-state index in [0.717, 1.165) is 47.5 Å². The van der Waals surface area contributed by atoms with E-state index in [-0.39, 0.29) is 49.7 Å². The molecule has 5 aliphatic rings. The van der Waals surface area contributed by atoms with E-state index >= 15 is 0 Å². The molecule has 1 saturated heterocycles. The van der Waals surface area contributed by atoms with Crippen LogP contribution in [0.2, 0.25) is 5.02 Å². The van der Waals surface area contributed by atoms with Crippen molar-refractivity contribution < 1.29 is 46.5 Å². The molecule has 17 heteroatoms. The molecule has 2 fully saturated rings. The number of likely N-dealkylation sites (tertiary alicyclic amines) is 1. The van der Waals surface area contributed by atoms with Crippen LogP contribution in [-0.2, 0) is 42.0 Å². The highest BCUT2D eigenvalue weighted by atomic mass is 35.5. The van der Waals surface area contributed by atoms with Crippen LogP contribution in [0, 0.1) is 11.8 Å². The monoisotopic (exact) mass is 849 g/mol. The summed E-state index contributed by atoms with van der Waals surface area (Å²) in [5.74, 6) is -3.80. The highest BCUT2D eigenvalue weighted by Gasteiger charge is 2.48. The lowest BCUT2D eigenvalue weighted by molar-refractivity contribution is -0.148. The molecule has 13 nitrogen and oxygen atoms in total. The Morgan fingerprint density at radius 3 is 2.67 bits per heavy atom. The van der Waals surface area contributed by atoms with Gasteiger partial charge in [-0.1, -0.05) is 35.9 Å². The average molecular weight is 850 g/mol. The number of aliphatic hydroxyl groups excluding tert-OH is 1. The number of amides is 2. The third-order valence-corrected chi connectivity index (χ3v) is 14.4. The molecule has 0 radical (unpaired) electrons. The van der Waals surface area contributed by atoms with Crippen LogP contribution in [0.15, 0.2) is 48.6 Å². The summed E-state index contributed by atoms with van der Waals surface area (Å²) >= 11 is 6.47. The fourth-order valence-corrected chi connectivity index (χ4v) is 10.2. The lowest BCUT2D eigenvalue weighted by Crippen LogP contribution is -2.57. The number of alkyl halides is 2. The van der Waals surface area contributed by atoms with Gasteiger partial charge in [0, 0.05) is 57.3 Å². The van der Waals surface area contributed by atoms with Crippen LogP contribution < -0.4 is 14.4 Å². The number of hydrogen-bond donors (Lipinski definition) is 3. The minimum absolute atomic E-state index is 0.0146. The van der Waals surface area contributed by atoms with Crippen molar-refractivity contribution in [2.75, 3.05) is 84.6 Å². The van der Waals surface area contributed by atoms with Crippen LogP contribution in [-0.4, -0.2) is 136 Å². The second-order valence-electron chi connectivity index (χ2n) is 16.7. The van der Waals surface area contributed by atoms with Crippen LogP contribution in [0.4, 0.5) is 14.5 Å². The van der Waals surface area contributed by atoms with Crippen molar-refractivity contribution in [3.63, 3.8) is 0 Å². The van der Waals surface area contributed by atoms with Crippen molar-refractivity contribution in [2.24, 2.45) is 11.8 Å². The molecular weight excluding hydrogens is 796 g/mol. The molecule has 3 aliphatic heterocycles. The first-order valence-electron chi connectivity index (χ1n) is 20.1. The Morgan fingerprint density at radius 1 is 1.16 bits per heavy atom. The molecule has 318 valence electrons. The van der Waals surface area contributed by atoms with E-state index in [2.05, 4.69) is 11.0 Å². The predicted octanol–water partition coefficient (Wildman–Crippen LogP) is 3.46. The number of rotatable bonds is 9. The number of fused-ring (bicyclic) bond motifs is 4. The number of benzene rings is 2. The van der Waals surface area contributed by atoms with E-state index in [1.165, 1.54) is 18.0 Å². The van der Waals surface area contributed by atoms with Gasteiger partial charge in [-0.15, -0.1) is 0 Å². The lowest BCUT2D eigenvalue weighted by atomic mass is 9.68. The van der Waals surface area contributed by atoms with E-state index in [1.807, 2.05) is 29.0 Å². The number of carbonyl (C=O) groups is 2. The number of anilines is 1. The Bertz CT molecular complexity index is 2000. The zero-order valence-electron chi connectivity index (χ0n) is 33.0. The van der Waals surface area contributed by atoms with Gasteiger partial charge in [0.05, 0.1) is 51.1 Å². The number of nitrogens with one attached hydrogen (secondary N) is 1. The van der Waals surface area contributed by atoms with Gasteiger partial charge < -0.3 is 29.5 Å². The minimum atomic E-state index is -4.51. The Morgan fingerprint density at radius 2 is 1.95 bits per heavy atom. The summed E-state index contributed by atoms with van der Waals surface area (Å²) in [5.41, 5.74) is -0.152. The van der Waals surface area contributed by atoms with Gasteiger partial charge in [0.15, 0.2) is 5.60 Å². The number of aryl methyl sites for hydroxylation is 1. The first-order valence-corrected chi connectivity index (χ1v) is 21.9. The molecule has 2 aromatic carbocycles. The number of ether oxygens (including phenoxy) is 2. The number of nitrogens with zero attached hydrogens (tertiary/aromatic N) is 4. The Hall–Kier alpha value is -3.38. The fourth-order valence-electron chi connectivity index (χ4n) is 9.15. The highest BCUT2D eigenvalue weighted by molar-refractivity contribution is 7.87. The molecule has 7 rings (SSSR count). The maximum absolute atomic E-state index is 14.1. The second-order valence-corrected chi connectivity index (χ2v) is 19.0.